The third-order valence-corrected chi connectivity index (χ3v) is 7.51. The lowest BCUT2D eigenvalue weighted by Gasteiger charge is -2.11. The molecule has 7 rings (SSSR count). The van der Waals surface area contributed by atoms with E-state index >= 15 is 0 Å². The molecule has 2 aromatic heterocycles. The van der Waals surface area contributed by atoms with Crippen LogP contribution in [0.4, 0.5) is 0 Å². The summed E-state index contributed by atoms with van der Waals surface area (Å²) in [7, 11) is 0. The maximum Gasteiger partial charge on any atom is 0.171 e. The molecule has 0 saturated carbocycles. The zero-order chi connectivity index (χ0) is 23.5. The van der Waals surface area contributed by atoms with Crippen LogP contribution in [0.2, 0.25) is 0 Å². The van der Waals surface area contributed by atoms with E-state index in [1.807, 2.05) is 47.0 Å². The van der Waals surface area contributed by atoms with Crippen molar-refractivity contribution in [3.05, 3.63) is 115 Å². The minimum atomic E-state index is 0.325. The first-order valence-electron chi connectivity index (χ1n) is 11.5. The van der Waals surface area contributed by atoms with E-state index in [-0.39, 0.29) is 0 Å². The predicted octanol–water partition coefficient (Wildman–Crippen LogP) is 7.87. The van der Waals surface area contributed by atoms with Crippen molar-refractivity contribution in [3.63, 3.8) is 0 Å². The van der Waals surface area contributed by atoms with Gasteiger partial charge in [0.05, 0.1) is 16.6 Å². The van der Waals surface area contributed by atoms with E-state index < -0.39 is 0 Å². The molecule has 0 amide bonds. The van der Waals surface area contributed by atoms with Crippen LogP contribution in [0.5, 0.6) is 0 Å². The second-order valence-corrected chi connectivity index (χ2v) is 9.66. The van der Waals surface area contributed by atoms with Gasteiger partial charge in [0.25, 0.3) is 0 Å². The lowest BCUT2D eigenvalue weighted by atomic mass is 10.0. The van der Waals surface area contributed by atoms with E-state index in [1.165, 1.54) is 28.1 Å². The maximum absolute atomic E-state index is 9.06. The Kier molecular flexibility index (Phi) is 4.35. The average Bonchev–Trinajstić information content (AvgIpc) is 3.48. The van der Waals surface area contributed by atoms with Crippen molar-refractivity contribution in [2.45, 2.75) is 0 Å². The van der Waals surface area contributed by atoms with Crippen LogP contribution in [-0.4, -0.2) is 19.3 Å². The summed E-state index contributed by atoms with van der Waals surface area (Å²) < 4.78 is 4.25. The third-order valence-electron chi connectivity index (χ3n) is 6.70. The molecule has 0 bridgehead atoms. The highest BCUT2D eigenvalue weighted by Crippen LogP contribution is 2.42. The highest BCUT2D eigenvalue weighted by atomic mass is 32.2. The lowest BCUT2D eigenvalue weighted by Crippen LogP contribution is -2.09. The molecule has 4 nitrogen and oxygen atoms in total. The lowest BCUT2D eigenvalue weighted by molar-refractivity contribution is 1.13. The normalized spacial score (nSPS) is 11.8. The number of aromatic nitrogens is 2. The van der Waals surface area contributed by atoms with Gasteiger partial charge in [-0.1, -0.05) is 72.8 Å². The highest BCUT2D eigenvalue weighted by Gasteiger charge is 2.22. The number of para-hydroxylation sites is 1. The SMILES string of the molecule is N=C(SC(=N)n1c2cccc3ccc4c(c32)c1cc1ccn(-c2ccccc2)c14)c1ccccc1. The highest BCUT2D eigenvalue weighted by molar-refractivity contribution is 8.26. The Morgan fingerprint density at radius 1 is 0.657 bits per heavy atom. The zero-order valence-electron chi connectivity index (χ0n) is 18.7. The summed E-state index contributed by atoms with van der Waals surface area (Å²) in [6, 6.07) is 35.0. The smallest absolute Gasteiger partial charge is 0.171 e. The van der Waals surface area contributed by atoms with Crippen molar-refractivity contribution in [3.8, 4) is 5.69 Å². The first kappa shape index (κ1) is 20.1. The Balaban J connectivity index is 1.50. The second-order valence-electron chi connectivity index (χ2n) is 8.66. The number of nitrogens with one attached hydrogen (secondary N) is 2. The molecule has 0 atom stereocenters. The van der Waals surface area contributed by atoms with Crippen LogP contribution in [0.15, 0.2) is 109 Å². The van der Waals surface area contributed by atoms with Gasteiger partial charge in [0.15, 0.2) is 5.17 Å². The van der Waals surface area contributed by atoms with E-state index in [1.54, 1.807) is 0 Å². The van der Waals surface area contributed by atoms with Gasteiger partial charge in [-0.25, -0.2) is 0 Å². The second kappa shape index (κ2) is 7.58. The van der Waals surface area contributed by atoms with Gasteiger partial charge in [-0.15, -0.1) is 0 Å². The molecule has 0 spiro atoms. The summed E-state index contributed by atoms with van der Waals surface area (Å²) in [4.78, 5) is 0. The van der Waals surface area contributed by atoms with E-state index in [0.29, 0.717) is 10.2 Å². The molecule has 2 N–H and O–H groups in total. The van der Waals surface area contributed by atoms with Crippen LogP contribution in [0.1, 0.15) is 5.56 Å². The number of thioether (sulfide) groups is 1. The predicted molar refractivity (Wildman–Crippen MR) is 149 cm³/mol. The molecular formula is C30H20N4S. The molecule has 0 radical (unpaired) electrons. The summed E-state index contributed by atoms with van der Waals surface area (Å²) in [6.45, 7) is 0. The van der Waals surface area contributed by atoms with Crippen molar-refractivity contribution in [2.75, 3.05) is 0 Å². The van der Waals surface area contributed by atoms with Crippen LogP contribution < -0.4 is 0 Å². The van der Waals surface area contributed by atoms with Gasteiger partial charge in [-0.3, -0.25) is 15.4 Å². The van der Waals surface area contributed by atoms with Crippen molar-refractivity contribution in [1.82, 2.24) is 9.13 Å². The van der Waals surface area contributed by atoms with Crippen molar-refractivity contribution in [2.24, 2.45) is 0 Å². The topological polar surface area (TPSA) is 57.6 Å². The minimum Gasteiger partial charge on any atom is -0.316 e. The number of benzene rings is 5. The number of nitrogens with zero attached hydrogens (tertiary/aromatic N) is 2. The first-order valence-corrected chi connectivity index (χ1v) is 12.3. The van der Waals surface area contributed by atoms with Crippen molar-refractivity contribution >= 4 is 65.5 Å². The molecule has 0 aliphatic carbocycles. The van der Waals surface area contributed by atoms with Crippen molar-refractivity contribution in [1.29, 1.82) is 10.8 Å². The molecule has 0 aliphatic heterocycles. The molecule has 0 fully saturated rings. The molecule has 7 aromatic rings. The molecule has 35 heavy (non-hydrogen) atoms. The standard InChI is InChI=1S/C30H20N4S/c31-29(20-8-3-1-4-9-20)35-30(32)34-24-13-7-10-19-14-15-23-27(26(19)24)25(34)18-21-16-17-33(28(21)23)22-11-5-2-6-12-22/h1-18,31-32H. The summed E-state index contributed by atoms with van der Waals surface area (Å²) in [5, 5.41) is 24.1. The fraction of sp³-hybridized carbons (Fsp3) is 0. The largest absolute Gasteiger partial charge is 0.316 e. The number of hydrogen-bond donors (Lipinski definition) is 2. The van der Waals surface area contributed by atoms with Gasteiger partial charge in [0.1, 0.15) is 5.04 Å². The first-order chi connectivity index (χ1) is 17.2. The van der Waals surface area contributed by atoms with Gasteiger partial charge in [0.2, 0.25) is 0 Å². The van der Waals surface area contributed by atoms with Gasteiger partial charge in [-0.2, -0.15) is 0 Å². The average molecular weight is 469 g/mol. The van der Waals surface area contributed by atoms with E-state index in [0.717, 1.165) is 38.4 Å². The molecule has 166 valence electrons. The summed E-state index contributed by atoms with van der Waals surface area (Å²) in [5.74, 6) is 0. The Labute approximate surface area is 205 Å². The monoisotopic (exact) mass is 468 g/mol. The van der Waals surface area contributed by atoms with Crippen LogP contribution in [-0.2, 0) is 0 Å². The third kappa shape index (κ3) is 2.95. The molecule has 2 heterocycles. The Morgan fingerprint density at radius 3 is 2.23 bits per heavy atom. The Morgan fingerprint density at radius 2 is 1.43 bits per heavy atom. The van der Waals surface area contributed by atoms with Crippen LogP contribution in [0.25, 0.3) is 49.2 Å². The van der Waals surface area contributed by atoms with E-state index in [4.69, 9.17) is 10.8 Å². The fourth-order valence-corrected chi connectivity index (χ4v) is 5.93. The van der Waals surface area contributed by atoms with Gasteiger partial charge in [-0.05, 0) is 47.5 Å². The number of rotatable bonds is 2. The Hall–Kier alpha value is -4.35. The Bertz CT molecular complexity index is 1900. The van der Waals surface area contributed by atoms with E-state index in [2.05, 4.69) is 71.4 Å². The fourth-order valence-electron chi connectivity index (χ4n) is 5.20. The van der Waals surface area contributed by atoms with Gasteiger partial charge in [0, 0.05) is 39.0 Å². The summed E-state index contributed by atoms with van der Waals surface area (Å²) in [5.41, 5.74) is 5.12. The van der Waals surface area contributed by atoms with E-state index in [9.17, 15) is 0 Å². The summed E-state index contributed by atoms with van der Waals surface area (Å²) >= 11 is 1.18. The molecule has 0 aliphatic rings. The molecule has 5 heteroatoms. The van der Waals surface area contributed by atoms with Gasteiger partial charge >= 0.3 is 0 Å². The maximum atomic E-state index is 9.06. The van der Waals surface area contributed by atoms with Crippen LogP contribution >= 0.6 is 11.8 Å². The number of fused-ring (bicyclic) bond motifs is 2. The number of hydrogen-bond acceptors (Lipinski definition) is 3. The van der Waals surface area contributed by atoms with Crippen molar-refractivity contribution < 1.29 is 0 Å². The van der Waals surface area contributed by atoms with Gasteiger partial charge < -0.3 is 4.57 Å². The summed E-state index contributed by atoms with van der Waals surface area (Å²) in [6.07, 6.45) is 2.12. The molecule has 0 unspecified atom stereocenters. The molecular weight excluding hydrogens is 448 g/mol. The molecule has 0 saturated heterocycles. The van der Waals surface area contributed by atoms with Crippen LogP contribution in [0.3, 0.4) is 0 Å². The zero-order valence-corrected chi connectivity index (χ0v) is 19.5. The van der Waals surface area contributed by atoms with Crippen LogP contribution in [0, 0.1) is 10.8 Å². The molecule has 5 aromatic carbocycles. The quantitative estimate of drug-likeness (QED) is 0.151. The minimum absolute atomic E-state index is 0.325.